The normalized spacial score (nSPS) is 17.1. The lowest BCUT2D eigenvalue weighted by Gasteiger charge is -2.36. The molecule has 6 nitrogen and oxygen atoms in total. The summed E-state index contributed by atoms with van der Waals surface area (Å²) in [6.45, 7) is 1.83. The van der Waals surface area contributed by atoms with Crippen molar-refractivity contribution in [1.82, 2.24) is 14.9 Å². The zero-order valence-electron chi connectivity index (χ0n) is 13.7. The van der Waals surface area contributed by atoms with Gasteiger partial charge in [-0.3, -0.25) is 0 Å². The Hall–Kier alpha value is -1.73. The average molecular weight is 334 g/mol. The van der Waals surface area contributed by atoms with E-state index in [1.807, 2.05) is 0 Å². The van der Waals surface area contributed by atoms with E-state index in [0.717, 1.165) is 42.7 Å². The first-order valence-corrected chi connectivity index (χ1v) is 9.61. The summed E-state index contributed by atoms with van der Waals surface area (Å²) in [7, 11) is 0.977. The Bertz CT molecular complexity index is 812. The fraction of sp³-hybridized carbons (Fsp3) is 0.500. The smallest absolute Gasteiger partial charge is 0.175 e. The lowest BCUT2D eigenvalue weighted by Crippen LogP contribution is -2.42. The van der Waals surface area contributed by atoms with Gasteiger partial charge >= 0.3 is 0 Å². The summed E-state index contributed by atoms with van der Waals surface area (Å²) in [5.74, 6) is 0.831. The Morgan fingerprint density at radius 2 is 1.87 bits per heavy atom. The molecule has 0 atom stereocenters. The molecule has 0 N–H and O–H groups in total. The molecule has 23 heavy (non-hydrogen) atoms. The van der Waals surface area contributed by atoms with Gasteiger partial charge in [0.2, 0.25) is 0 Å². The van der Waals surface area contributed by atoms with Crippen LogP contribution in [0.2, 0.25) is 0 Å². The monoisotopic (exact) mass is 334 g/mol. The zero-order valence-corrected chi connectivity index (χ0v) is 14.5. The number of hydrogen-bond acceptors (Lipinski definition) is 6. The summed E-state index contributed by atoms with van der Waals surface area (Å²) >= 11 is 0. The number of aromatic nitrogens is 2. The molecule has 0 amide bonds. The highest BCUT2D eigenvalue weighted by Gasteiger charge is 2.23. The van der Waals surface area contributed by atoms with Crippen molar-refractivity contribution in [2.75, 3.05) is 38.3 Å². The number of anilines is 1. The van der Waals surface area contributed by atoms with E-state index in [1.54, 1.807) is 24.5 Å². The van der Waals surface area contributed by atoms with E-state index in [9.17, 15) is 8.42 Å². The molecule has 1 saturated heterocycles. The van der Waals surface area contributed by atoms with Gasteiger partial charge in [-0.1, -0.05) is 0 Å². The molecule has 1 aliphatic heterocycles. The van der Waals surface area contributed by atoms with Crippen molar-refractivity contribution in [1.29, 1.82) is 0 Å². The molecule has 1 aliphatic rings. The number of hydrogen-bond donors (Lipinski definition) is 0. The molecule has 1 fully saturated rings. The molecule has 2 aromatic rings. The van der Waals surface area contributed by atoms with Gasteiger partial charge in [0.25, 0.3) is 0 Å². The Morgan fingerprint density at radius 1 is 1.17 bits per heavy atom. The molecule has 0 radical (unpaired) electrons. The van der Waals surface area contributed by atoms with E-state index in [2.05, 4.69) is 33.9 Å². The van der Waals surface area contributed by atoms with Gasteiger partial charge in [-0.2, -0.15) is 0 Å². The minimum absolute atomic E-state index is 0.309. The highest BCUT2D eigenvalue weighted by Crippen LogP contribution is 2.28. The molecule has 0 saturated carbocycles. The highest BCUT2D eigenvalue weighted by atomic mass is 32.2. The van der Waals surface area contributed by atoms with Gasteiger partial charge in [0, 0.05) is 30.8 Å². The van der Waals surface area contributed by atoms with Crippen molar-refractivity contribution < 1.29 is 8.42 Å². The topological polar surface area (TPSA) is 66.4 Å². The largest absolute Gasteiger partial charge is 0.356 e. The van der Waals surface area contributed by atoms with E-state index in [-0.39, 0.29) is 0 Å². The van der Waals surface area contributed by atoms with Crippen LogP contribution in [0.25, 0.3) is 10.9 Å². The van der Waals surface area contributed by atoms with Gasteiger partial charge in [0.1, 0.15) is 12.1 Å². The second-order valence-corrected chi connectivity index (χ2v) is 8.35. The van der Waals surface area contributed by atoms with Gasteiger partial charge in [-0.25, -0.2) is 18.4 Å². The third-order valence-electron chi connectivity index (χ3n) is 4.51. The number of piperidine rings is 1. The van der Waals surface area contributed by atoms with Crippen molar-refractivity contribution in [3.63, 3.8) is 0 Å². The second-order valence-electron chi connectivity index (χ2n) is 6.33. The van der Waals surface area contributed by atoms with Crippen molar-refractivity contribution in [2.24, 2.45) is 0 Å². The van der Waals surface area contributed by atoms with Gasteiger partial charge in [0.05, 0.1) is 10.4 Å². The SMILES string of the molecule is CN(C)C1CCN(c2ncnc3ccc(S(C)(=O)=O)cc23)CC1. The zero-order chi connectivity index (χ0) is 16.6. The van der Waals surface area contributed by atoms with Crippen LogP contribution in [0.15, 0.2) is 29.4 Å². The van der Waals surface area contributed by atoms with Crippen LogP contribution in [0.3, 0.4) is 0 Å². The number of benzene rings is 1. The van der Waals surface area contributed by atoms with Crippen molar-refractivity contribution >= 4 is 26.6 Å². The Balaban J connectivity index is 1.98. The Kier molecular flexibility index (Phi) is 4.25. The van der Waals surface area contributed by atoms with Crippen LogP contribution >= 0.6 is 0 Å². The quantitative estimate of drug-likeness (QED) is 0.849. The van der Waals surface area contributed by atoms with Crippen molar-refractivity contribution in [3.8, 4) is 0 Å². The average Bonchev–Trinajstić information content (AvgIpc) is 2.53. The molecule has 2 heterocycles. The summed E-state index contributed by atoms with van der Waals surface area (Å²) in [6, 6.07) is 5.64. The molecular weight excluding hydrogens is 312 g/mol. The third kappa shape index (κ3) is 3.30. The van der Waals surface area contributed by atoms with Gasteiger partial charge < -0.3 is 9.80 Å². The molecule has 0 bridgehead atoms. The molecule has 1 aromatic carbocycles. The van der Waals surface area contributed by atoms with Gasteiger partial charge in [-0.15, -0.1) is 0 Å². The van der Waals surface area contributed by atoms with E-state index < -0.39 is 9.84 Å². The first-order chi connectivity index (χ1) is 10.9. The first-order valence-electron chi connectivity index (χ1n) is 7.72. The van der Waals surface area contributed by atoms with E-state index in [4.69, 9.17) is 0 Å². The minimum atomic E-state index is -3.24. The van der Waals surface area contributed by atoms with Crippen LogP contribution < -0.4 is 4.90 Å². The molecular formula is C16H22N4O2S. The molecule has 7 heteroatoms. The molecule has 0 spiro atoms. The highest BCUT2D eigenvalue weighted by molar-refractivity contribution is 7.90. The van der Waals surface area contributed by atoms with E-state index >= 15 is 0 Å². The summed E-state index contributed by atoms with van der Waals surface area (Å²) < 4.78 is 23.6. The van der Waals surface area contributed by atoms with Gasteiger partial charge in [-0.05, 0) is 45.1 Å². The molecule has 1 aromatic heterocycles. The number of nitrogens with zero attached hydrogens (tertiary/aromatic N) is 4. The third-order valence-corrected chi connectivity index (χ3v) is 5.62. The van der Waals surface area contributed by atoms with Crippen LogP contribution in [0, 0.1) is 0 Å². The Labute approximate surface area is 137 Å². The fourth-order valence-corrected chi connectivity index (χ4v) is 3.75. The standard InChI is InChI=1S/C16H22N4O2S/c1-19(2)12-6-8-20(9-7-12)16-14-10-13(23(3,21)22)4-5-15(14)17-11-18-16/h4-5,10-12H,6-9H2,1-3H3. The van der Waals surface area contributed by atoms with Crippen LogP contribution in [0.4, 0.5) is 5.82 Å². The summed E-state index contributed by atoms with van der Waals surface area (Å²) in [5.41, 5.74) is 0.775. The van der Waals surface area contributed by atoms with Crippen LogP contribution in [-0.2, 0) is 9.84 Å². The van der Waals surface area contributed by atoms with Crippen molar-refractivity contribution in [2.45, 2.75) is 23.8 Å². The maximum absolute atomic E-state index is 11.8. The lowest BCUT2D eigenvalue weighted by atomic mass is 10.0. The predicted octanol–water partition coefficient (Wildman–Crippen LogP) is 1.56. The summed E-state index contributed by atoms with van der Waals surface area (Å²) in [4.78, 5) is 13.5. The van der Waals surface area contributed by atoms with Crippen molar-refractivity contribution in [3.05, 3.63) is 24.5 Å². The minimum Gasteiger partial charge on any atom is -0.356 e. The van der Waals surface area contributed by atoms with Crippen LogP contribution in [0.5, 0.6) is 0 Å². The Morgan fingerprint density at radius 3 is 2.48 bits per heavy atom. The summed E-state index contributed by atoms with van der Waals surface area (Å²) in [6.07, 6.45) is 4.92. The maximum Gasteiger partial charge on any atom is 0.175 e. The number of rotatable bonds is 3. The molecule has 0 unspecified atom stereocenters. The number of sulfone groups is 1. The first kappa shape index (κ1) is 16.1. The lowest BCUT2D eigenvalue weighted by molar-refractivity contribution is 0.249. The van der Waals surface area contributed by atoms with Crippen LogP contribution in [-0.4, -0.2) is 62.8 Å². The summed E-state index contributed by atoms with van der Waals surface area (Å²) in [5, 5.41) is 0.804. The van der Waals surface area contributed by atoms with Gasteiger partial charge in [0.15, 0.2) is 9.84 Å². The van der Waals surface area contributed by atoms with E-state index in [0.29, 0.717) is 10.9 Å². The maximum atomic E-state index is 11.8. The van der Waals surface area contributed by atoms with E-state index in [1.165, 1.54) is 6.26 Å². The van der Waals surface area contributed by atoms with Crippen LogP contribution in [0.1, 0.15) is 12.8 Å². The predicted molar refractivity (Wildman–Crippen MR) is 91.6 cm³/mol. The molecule has 0 aliphatic carbocycles. The molecule has 3 rings (SSSR count). The second kappa shape index (κ2) is 6.05. The number of fused-ring (bicyclic) bond motifs is 1. The fourth-order valence-electron chi connectivity index (χ4n) is 3.10. The molecule has 124 valence electrons.